The van der Waals surface area contributed by atoms with Gasteiger partial charge in [0, 0.05) is 0 Å². The fourth-order valence-electron chi connectivity index (χ4n) is 0.445. The first-order valence-electron chi connectivity index (χ1n) is 3.50. The highest BCUT2D eigenvalue weighted by atomic mass is 31.2. The van der Waals surface area contributed by atoms with Crippen LogP contribution in [0.1, 0.15) is 13.8 Å². The highest BCUT2D eigenvalue weighted by Crippen LogP contribution is 2.48. The molecule has 1 N–H and O–H groups in total. The van der Waals surface area contributed by atoms with E-state index in [-0.39, 0.29) is 10.3 Å². The van der Waals surface area contributed by atoms with E-state index in [2.05, 4.69) is 0 Å². The van der Waals surface area contributed by atoms with Crippen molar-refractivity contribution in [2.75, 3.05) is 21.1 Å². The Morgan fingerprint density at radius 2 is 1.73 bits per heavy atom. The summed E-state index contributed by atoms with van der Waals surface area (Å²) in [5.74, 6) is 0. The highest BCUT2D eigenvalue weighted by molar-refractivity contribution is 7.53. The van der Waals surface area contributed by atoms with Crippen molar-refractivity contribution in [3.63, 3.8) is 0 Å². The normalized spacial score (nSPS) is 18.5. The number of quaternary nitrogens is 1. The summed E-state index contributed by atoms with van der Waals surface area (Å²) < 4.78 is 16.2. The number of hydrogen-bond acceptors (Lipinski definition) is 2. The van der Waals surface area contributed by atoms with Gasteiger partial charge in [-0.1, -0.05) is 13.8 Å². The van der Waals surface area contributed by atoms with Crippen LogP contribution in [0.15, 0.2) is 0 Å². The molecule has 0 aromatic rings. The number of rotatable bonds is 3. The van der Waals surface area contributed by atoms with Gasteiger partial charge < -0.3 is 4.89 Å². The maximum Gasteiger partial charge on any atom is 0.381 e. The molecule has 0 saturated carbocycles. The molecule has 1 unspecified atom stereocenters. The minimum atomic E-state index is -3.41. The zero-order chi connectivity index (χ0) is 9.28. The predicted molar refractivity (Wildman–Crippen MR) is 44.1 cm³/mol. The predicted octanol–water partition coefficient (Wildman–Crippen LogP) is 1.22. The standard InChI is InChI=1S/C6H16NO3P/c1-6(2)11(8,9)10-7(3,4)5/h6H,1-5H3/p+1. The molecule has 0 bridgehead atoms. The van der Waals surface area contributed by atoms with Crippen molar-refractivity contribution < 1.29 is 18.7 Å². The third kappa shape index (κ3) is 4.53. The van der Waals surface area contributed by atoms with Gasteiger partial charge >= 0.3 is 7.60 Å². The first-order valence-corrected chi connectivity index (χ1v) is 5.15. The lowest BCUT2D eigenvalue weighted by atomic mass is 10.6. The lowest BCUT2D eigenvalue weighted by Crippen LogP contribution is -2.34. The average Bonchev–Trinajstić information content (AvgIpc) is 1.56. The van der Waals surface area contributed by atoms with Crippen molar-refractivity contribution in [3.05, 3.63) is 0 Å². The third-order valence-corrected chi connectivity index (χ3v) is 3.04. The molecular formula is C6H17NO3P+. The SMILES string of the molecule is CC(C)P(=O)(O)O[N+](C)(C)C. The van der Waals surface area contributed by atoms with Crippen LogP contribution in [-0.4, -0.2) is 36.3 Å². The van der Waals surface area contributed by atoms with Gasteiger partial charge in [-0.25, -0.2) is 0 Å². The van der Waals surface area contributed by atoms with Crippen LogP contribution in [0.25, 0.3) is 0 Å². The van der Waals surface area contributed by atoms with Crippen molar-refractivity contribution in [1.82, 2.24) is 0 Å². The van der Waals surface area contributed by atoms with E-state index < -0.39 is 7.60 Å². The first-order chi connectivity index (χ1) is 4.65. The molecule has 0 amide bonds. The summed E-state index contributed by atoms with van der Waals surface area (Å²) >= 11 is 0. The number of hydroxylamine groups is 3. The summed E-state index contributed by atoms with van der Waals surface area (Å²) in [4.78, 5) is 9.25. The maximum atomic E-state index is 11.2. The molecule has 4 nitrogen and oxygen atoms in total. The molecule has 5 heteroatoms. The molecule has 0 spiro atoms. The fourth-order valence-corrected chi connectivity index (χ4v) is 1.34. The first kappa shape index (κ1) is 11.1. The van der Waals surface area contributed by atoms with E-state index in [9.17, 15) is 9.46 Å². The number of hydrogen-bond donors (Lipinski definition) is 1. The van der Waals surface area contributed by atoms with Gasteiger partial charge in [0.2, 0.25) is 0 Å². The van der Waals surface area contributed by atoms with Crippen LogP contribution in [0.4, 0.5) is 0 Å². The van der Waals surface area contributed by atoms with Crippen LogP contribution in [0.5, 0.6) is 0 Å². The van der Waals surface area contributed by atoms with Gasteiger partial charge in [0.25, 0.3) is 0 Å². The fraction of sp³-hybridized carbons (Fsp3) is 1.00. The zero-order valence-electron chi connectivity index (χ0n) is 7.74. The van der Waals surface area contributed by atoms with E-state index in [0.29, 0.717) is 0 Å². The van der Waals surface area contributed by atoms with Gasteiger partial charge in [0.05, 0.1) is 26.8 Å². The largest absolute Gasteiger partial charge is 0.381 e. The van der Waals surface area contributed by atoms with Crippen molar-refractivity contribution >= 4 is 7.60 Å². The summed E-state index contributed by atoms with van der Waals surface area (Å²) in [6.07, 6.45) is 0. The molecule has 11 heavy (non-hydrogen) atoms. The van der Waals surface area contributed by atoms with E-state index in [1.165, 1.54) is 0 Å². The van der Waals surface area contributed by atoms with E-state index in [0.717, 1.165) is 0 Å². The Kier molecular flexibility index (Phi) is 3.27. The second-order valence-corrected chi connectivity index (χ2v) is 5.95. The van der Waals surface area contributed by atoms with Crippen molar-refractivity contribution in [3.8, 4) is 0 Å². The van der Waals surface area contributed by atoms with Crippen LogP contribution in [-0.2, 0) is 9.19 Å². The minimum Gasteiger partial charge on any atom is -0.321 e. The minimum absolute atomic E-state index is 0.0476. The van der Waals surface area contributed by atoms with Crippen LogP contribution in [0.3, 0.4) is 0 Å². The van der Waals surface area contributed by atoms with Crippen molar-refractivity contribution in [2.45, 2.75) is 19.5 Å². The molecule has 0 rings (SSSR count). The quantitative estimate of drug-likeness (QED) is 0.405. The van der Waals surface area contributed by atoms with Gasteiger partial charge in [-0.3, -0.25) is 4.57 Å². The Bertz CT molecular complexity index is 173. The summed E-state index contributed by atoms with van der Waals surface area (Å²) in [5, 5.41) is 0. The van der Waals surface area contributed by atoms with Crippen LogP contribution >= 0.6 is 7.60 Å². The van der Waals surface area contributed by atoms with Gasteiger partial charge in [0.1, 0.15) is 0 Å². The molecular weight excluding hydrogens is 165 g/mol. The molecule has 0 fully saturated rings. The molecule has 0 aromatic carbocycles. The van der Waals surface area contributed by atoms with E-state index in [1.807, 2.05) is 0 Å². The van der Waals surface area contributed by atoms with Gasteiger partial charge in [-0.2, -0.15) is 4.65 Å². The Morgan fingerprint density at radius 3 is 1.82 bits per heavy atom. The average molecular weight is 182 g/mol. The lowest BCUT2D eigenvalue weighted by molar-refractivity contribution is -1.04. The summed E-state index contributed by atoms with van der Waals surface area (Å²) in [6, 6.07) is 0. The van der Waals surface area contributed by atoms with Crippen LogP contribution in [0.2, 0.25) is 0 Å². The van der Waals surface area contributed by atoms with Gasteiger partial charge in [-0.15, -0.1) is 4.62 Å². The molecule has 0 aromatic heterocycles. The second kappa shape index (κ2) is 3.23. The van der Waals surface area contributed by atoms with Crippen LogP contribution in [0, 0.1) is 0 Å². The maximum absolute atomic E-state index is 11.2. The van der Waals surface area contributed by atoms with Crippen molar-refractivity contribution in [1.29, 1.82) is 0 Å². The third-order valence-electron chi connectivity index (χ3n) is 1.01. The smallest absolute Gasteiger partial charge is 0.321 e. The van der Waals surface area contributed by atoms with E-state index in [1.54, 1.807) is 35.0 Å². The van der Waals surface area contributed by atoms with Crippen molar-refractivity contribution in [2.24, 2.45) is 0 Å². The molecule has 0 heterocycles. The number of nitrogens with zero attached hydrogens (tertiary/aromatic N) is 1. The zero-order valence-corrected chi connectivity index (χ0v) is 8.63. The topological polar surface area (TPSA) is 46.5 Å². The van der Waals surface area contributed by atoms with E-state index >= 15 is 0 Å². The van der Waals surface area contributed by atoms with Crippen LogP contribution < -0.4 is 0 Å². The summed E-state index contributed by atoms with van der Waals surface area (Å²) in [5.41, 5.74) is -0.347. The Hall–Kier alpha value is 0.110. The molecule has 0 aliphatic carbocycles. The molecule has 0 saturated heterocycles. The Morgan fingerprint density at radius 1 is 1.36 bits per heavy atom. The monoisotopic (exact) mass is 182 g/mol. The highest BCUT2D eigenvalue weighted by Gasteiger charge is 2.32. The van der Waals surface area contributed by atoms with Gasteiger partial charge in [-0.05, 0) is 0 Å². The lowest BCUT2D eigenvalue weighted by Gasteiger charge is -2.25. The second-order valence-electron chi connectivity index (χ2n) is 3.63. The van der Waals surface area contributed by atoms with E-state index in [4.69, 9.17) is 4.62 Å². The van der Waals surface area contributed by atoms with Gasteiger partial charge in [0.15, 0.2) is 0 Å². The molecule has 1 atom stereocenters. The molecule has 68 valence electrons. The summed E-state index contributed by atoms with van der Waals surface area (Å²) in [6.45, 7) is 3.33. The molecule has 0 aliphatic heterocycles. The molecule has 0 aliphatic rings. The molecule has 0 radical (unpaired) electrons. The Balaban J connectivity index is 4.26. The Labute approximate surface area is 67.9 Å². The summed E-state index contributed by atoms with van der Waals surface area (Å²) in [7, 11) is 1.69.